The summed E-state index contributed by atoms with van der Waals surface area (Å²) in [6.45, 7) is 10.8. The zero-order chi connectivity index (χ0) is 14.0. The van der Waals surface area contributed by atoms with E-state index in [2.05, 4.69) is 34.8 Å². The van der Waals surface area contributed by atoms with Crippen molar-refractivity contribution in [2.45, 2.75) is 39.2 Å². The molecule has 0 radical (unpaired) electrons. The predicted molar refractivity (Wildman–Crippen MR) is 83.0 cm³/mol. The average Bonchev–Trinajstić information content (AvgIpc) is 2.65. The van der Waals surface area contributed by atoms with Crippen LogP contribution < -0.4 is 4.74 Å². The van der Waals surface area contributed by atoms with Crippen molar-refractivity contribution in [1.82, 2.24) is 9.55 Å². The highest BCUT2D eigenvalue weighted by atomic mass is 32.1. The number of thiol groups is 1. The van der Waals surface area contributed by atoms with Gasteiger partial charge in [0.2, 0.25) is 0 Å². The molecule has 0 amide bonds. The largest absolute Gasteiger partial charge is 0.491 e. The first-order valence-electron chi connectivity index (χ1n) is 6.42. The molecule has 0 fully saturated rings. The van der Waals surface area contributed by atoms with Gasteiger partial charge in [-0.15, -0.1) is 0 Å². The molecule has 0 atom stereocenters. The first-order chi connectivity index (χ1) is 9.01. The van der Waals surface area contributed by atoms with E-state index in [0.29, 0.717) is 5.75 Å². The van der Waals surface area contributed by atoms with Gasteiger partial charge in [-0.05, 0) is 32.9 Å². The van der Waals surface area contributed by atoms with Crippen molar-refractivity contribution >= 4 is 23.7 Å². The number of hydrogen-bond acceptors (Lipinski definition) is 3. The lowest BCUT2D eigenvalue weighted by Gasteiger charge is -2.10. The maximum atomic E-state index is 5.70. The van der Waals surface area contributed by atoms with Crippen molar-refractivity contribution in [3.8, 4) is 5.75 Å². The Morgan fingerprint density at radius 2 is 2.21 bits per heavy atom. The molecular formula is C15H20N2OS. The summed E-state index contributed by atoms with van der Waals surface area (Å²) >= 11 is 4.35. The molecule has 2 rings (SSSR count). The second kappa shape index (κ2) is 5.70. The molecule has 1 heterocycles. The molecule has 0 unspecified atom stereocenters. The van der Waals surface area contributed by atoms with Gasteiger partial charge in [0.15, 0.2) is 0 Å². The SMILES string of the molecule is C=C(C)Cn1c(CS)nc2cc(OC(C)C)ccc21. The van der Waals surface area contributed by atoms with Crippen LogP contribution in [0.2, 0.25) is 0 Å². The summed E-state index contributed by atoms with van der Waals surface area (Å²) in [6, 6.07) is 6.02. The van der Waals surface area contributed by atoms with Crippen LogP contribution in [0.4, 0.5) is 0 Å². The Morgan fingerprint density at radius 3 is 2.79 bits per heavy atom. The number of benzene rings is 1. The summed E-state index contributed by atoms with van der Waals surface area (Å²) in [5.41, 5.74) is 3.15. The van der Waals surface area contributed by atoms with E-state index in [4.69, 9.17) is 4.74 Å². The van der Waals surface area contributed by atoms with Crippen molar-refractivity contribution in [2.24, 2.45) is 0 Å². The molecule has 3 nitrogen and oxygen atoms in total. The zero-order valence-corrected chi connectivity index (χ0v) is 12.6. The Labute approximate surface area is 119 Å². The average molecular weight is 276 g/mol. The number of allylic oxidation sites excluding steroid dienone is 1. The lowest BCUT2D eigenvalue weighted by atomic mass is 10.2. The molecule has 1 aromatic carbocycles. The van der Waals surface area contributed by atoms with Gasteiger partial charge in [-0.25, -0.2) is 4.98 Å². The van der Waals surface area contributed by atoms with Gasteiger partial charge in [0.25, 0.3) is 0 Å². The molecule has 0 saturated heterocycles. The van der Waals surface area contributed by atoms with E-state index in [1.54, 1.807) is 0 Å². The Bertz CT molecular complexity index is 601. The summed E-state index contributed by atoms with van der Waals surface area (Å²) in [5.74, 6) is 2.43. The van der Waals surface area contributed by atoms with Crippen LogP contribution in [0.5, 0.6) is 5.75 Å². The molecule has 0 saturated carbocycles. The van der Waals surface area contributed by atoms with Crippen molar-refractivity contribution in [2.75, 3.05) is 0 Å². The van der Waals surface area contributed by atoms with Crippen LogP contribution in [0, 0.1) is 0 Å². The monoisotopic (exact) mass is 276 g/mol. The molecule has 0 aliphatic rings. The molecule has 102 valence electrons. The summed E-state index contributed by atoms with van der Waals surface area (Å²) < 4.78 is 7.86. The molecule has 2 aromatic rings. The van der Waals surface area contributed by atoms with Crippen LogP contribution in [0.3, 0.4) is 0 Å². The third kappa shape index (κ3) is 3.13. The Hall–Kier alpha value is -1.42. The van der Waals surface area contributed by atoms with Gasteiger partial charge in [-0.1, -0.05) is 12.2 Å². The first-order valence-corrected chi connectivity index (χ1v) is 7.05. The van der Waals surface area contributed by atoms with E-state index in [1.807, 2.05) is 32.9 Å². The van der Waals surface area contributed by atoms with E-state index in [-0.39, 0.29) is 6.10 Å². The lowest BCUT2D eigenvalue weighted by Crippen LogP contribution is -2.05. The number of imidazole rings is 1. The molecule has 0 N–H and O–H groups in total. The fraction of sp³-hybridized carbons (Fsp3) is 0.400. The minimum atomic E-state index is 0.166. The fourth-order valence-corrected chi connectivity index (χ4v) is 2.31. The van der Waals surface area contributed by atoms with Crippen molar-refractivity contribution in [3.63, 3.8) is 0 Å². The van der Waals surface area contributed by atoms with Gasteiger partial charge in [0.05, 0.1) is 17.1 Å². The van der Waals surface area contributed by atoms with Gasteiger partial charge in [0, 0.05) is 18.4 Å². The minimum Gasteiger partial charge on any atom is -0.491 e. The van der Waals surface area contributed by atoms with Gasteiger partial charge in [-0.3, -0.25) is 0 Å². The number of ether oxygens (including phenoxy) is 1. The van der Waals surface area contributed by atoms with Crippen LogP contribution >= 0.6 is 12.6 Å². The number of fused-ring (bicyclic) bond motifs is 1. The predicted octanol–water partition coefficient (Wildman–Crippen LogP) is 3.83. The summed E-state index contributed by atoms with van der Waals surface area (Å²) in [7, 11) is 0. The van der Waals surface area contributed by atoms with Crippen molar-refractivity contribution in [1.29, 1.82) is 0 Å². The summed E-state index contributed by atoms with van der Waals surface area (Å²) in [4.78, 5) is 4.62. The quantitative estimate of drug-likeness (QED) is 0.664. The first kappa shape index (κ1) is 14.0. The molecule has 0 aliphatic carbocycles. The highest BCUT2D eigenvalue weighted by Crippen LogP contribution is 2.24. The number of rotatable bonds is 5. The maximum absolute atomic E-state index is 5.70. The van der Waals surface area contributed by atoms with Gasteiger partial charge >= 0.3 is 0 Å². The van der Waals surface area contributed by atoms with Gasteiger partial charge in [0.1, 0.15) is 11.6 Å². The smallest absolute Gasteiger partial charge is 0.121 e. The fourth-order valence-electron chi connectivity index (χ4n) is 2.07. The third-order valence-corrected chi connectivity index (χ3v) is 3.02. The van der Waals surface area contributed by atoms with E-state index >= 15 is 0 Å². The molecule has 0 aliphatic heterocycles. The highest BCUT2D eigenvalue weighted by molar-refractivity contribution is 7.79. The molecule has 0 spiro atoms. The normalized spacial score (nSPS) is 11.2. The summed E-state index contributed by atoms with van der Waals surface area (Å²) in [5, 5.41) is 0. The Balaban J connectivity index is 2.47. The van der Waals surface area contributed by atoms with E-state index in [9.17, 15) is 0 Å². The van der Waals surface area contributed by atoms with E-state index in [0.717, 1.165) is 34.7 Å². The van der Waals surface area contributed by atoms with Crippen molar-refractivity contribution in [3.05, 3.63) is 36.2 Å². The molecule has 4 heteroatoms. The maximum Gasteiger partial charge on any atom is 0.121 e. The summed E-state index contributed by atoms with van der Waals surface area (Å²) in [6.07, 6.45) is 0.166. The van der Waals surface area contributed by atoms with Crippen LogP contribution in [-0.4, -0.2) is 15.7 Å². The van der Waals surface area contributed by atoms with Crippen LogP contribution in [0.15, 0.2) is 30.4 Å². The molecular weight excluding hydrogens is 256 g/mol. The zero-order valence-electron chi connectivity index (χ0n) is 11.7. The van der Waals surface area contributed by atoms with E-state index < -0.39 is 0 Å². The number of aromatic nitrogens is 2. The number of hydrogen-bond donors (Lipinski definition) is 1. The van der Waals surface area contributed by atoms with Gasteiger partial charge in [-0.2, -0.15) is 12.6 Å². The second-order valence-corrected chi connectivity index (χ2v) is 5.36. The lowest BCUT2D eigenvalue weighted by molar-refractivity contribution is 0.242. The Morgan fingerprint density at radius 1 is 1.47 bits per heavy atom. The molecule has 1 aromatic heterocycles. The van der Waals surface area contributed by atoms with Crippen LogP contribution in [0.1, 0.15) is 26.6 Å². The van der Waals surface area contributed by atoms with Crippen LogP contribution in [-0.2, 0) is 12.3 Å². The molecule has 0 bridgehead atoms. The minimum absolute atomic E-state index is 0.166. The standard InChI is InChI=1S/C15H20N2OS/c1-10(2)8-17-14-6-5-12(18-11(3)4)7-13(14)16-15(17)9-19/h5-7,11,19H,1,8-9H2,2-4H3. The number of nitrogens with zero attached hydrogens (tertiary/aromatic N) is 2. The Kier molecular flexibility index (Phi) is 4.20. The van der Waals surface area contributed by atoms with Crippen molar-refractivity contribution < 1.29 is 4.74 Å². The van der Waals surface area contributed by atoms with Gasteiger partial charge < -0.3 is 9.30 Å². The topological polar surface area (TPSA) is 27.1 Å². The van der Waals surface area contributed by atoms with E-state index in [1.165, 1.54) is 0 Å². The third-order valence-electron chi connectivity index (χ3n) is 2.74. The highest BCUT2D eigenvalue weighted by Gasteiger charge is 2.11. The molecule has 19 heavy (non-hydrogen) atoms. The second-order valence-electron chi connectivity index (χ2n) is 5.05. The van der Waals surface area contributed by atoms with Crippen LogP contribution in [0.25, 0.3) is 11.0 Å².